The third-order valence-corrected chi connectivity index (χ3v) is 2.45. The number of rotatable bonds is 4. The first kappa shape index (κ1) is 11.4. The van der Waals surface area contributed by atoms with Gasteiger partial charge < -0.3 is 11.1 Å². The first-order valence-electron chi connectivity index (χ1n) is 5.63. The summed E-state index contributed by atoms with van der Waals surface area (Å²) in [4.78, 5) is 7.97. The first-order valence-corrected chi connectivity index (χ1v) is 5.63. The molecule has 2 aromatic rings. The van der Waals surface area contributed by atoms with Gasteiger partial charge in [-0.3, -0.25) is 0 Å². The average molecular weight is 228 g/mol. The molecule has 2 rings (SSSR count). The van der Waals surface area contributed by atoms with Gasteiger partial charge in [0.1, 0.15) is 5.82 Å². The van der Waals surface area contributed by atoms with E-state index in [1.165, 1.54) is 5.56 Å². The number of hydrogen-bond donors (Lipinski definition) is 2. The zero-order chi connectivity index (χ0) is 12.1. The number of benzene rings is 1. The smallest absolute Gasteiger partial charge is 0.221 e. The van der Waals surface area contributed by atoms with Crippen LogP contribution in [0.1, 0.15) is 12.5 Å². The fourth-order valence-corrected chi connectivity index (χ4v) is 1.73. The molecule has 3 N–H and O–H groups in total. The maximum absolute atomic E-state index is 5.52. The van der Waals surface area contributed by atoms with Crippen molar-refractivity contribution in [3.8, 4) is 0 Å². The SMILES string of the molecule is CC(Cc1ccccc1)Nc1ccnc(N)n1. The third kappa shape index (κ3) is 3.45. The molecule has 0 bridgehead atoms. The number of hydrogen-bond acceptors (Lipinski definition) is 4. The minimum Gasteiger partial charge on any atom is -0.368 e. The molecule has 88 valence electrons. The van der Waals surface area contributed by atoms with Gasteiger partial charge in [-0.25, -0.2) is 4.98 Å². The molecule has 0 spiro atoms. The average Bonchev–Trinajstić information content (AvgIpc) is 2.30. The Morgan fingerprint density at radius 3 is 2.71 bits per heavy atom. The van der Waals surface area contributed by atoms with Crippen molar-refractivity contribution in [2.24, 2.45) is 0 Å². The molecule has 1 unspecified atom stereocenters. The van der Waals surface area contributed by atoms with E-state index in [2.05, 4.69) is 34.3 Å². The van der Waals surface area contributed by atoms with Crippen LogP contribution in [0, 0.1) is 0 Å². The minimum atomic E-state index is 0.293. The van der Waals surface area contributed by atoms with Crippen LogP contribution in [-0.4, -0.2) is 16.0 Å². The van der Waals surface area contributed by atoms with Gasteiger partial charge in [-0.1, -0.05) is 30.3 Å². The summed E-state index contributed by atoms with van der Waals surface area (Å²) >= 11 is 0. The highest BCUT2D eigenvalue weighted by Crippen LogP contribution is 2.09. The highest BCUT2D eigenvalue weighted by Gasteiger charge is 2.04. The molecule has 0 aliphatic carbocycles. The van der Waals surface area contributed by atoms with E-state index in [4.69, 9.17) is 5.73 Å². The van der Waals surface area contributed by atoms with Gasteiger partial charge in [-0.05, 0) is 25.0 Å². The summed E-state index contributed by atoms with van der Waals surface area (Å²) in [6.07, 6.45) is 2.60. The summed E-state index contributed by atoms with van der Waals surface area (Å²) < 4.78 is 0. The van der Waals surface area contributed by atoms with E-state index in [1.807, 2.05) is 24.3 Å². The van der Waals surface area contributed by atoms with Crippen molar-refractivity contribution in [2.75, 3.05) is 11.1 Å². The maximum Gasteiger partial charge on any atom is 0.221 e. The molecule has 1 heterocycles. The Morgan fingerprint density at radius 1 is 1.24 bits per heavy atom. The molecule has 17 heavy (non-hydrogen) atoms. The van der Waals surface area contributed by atoms with E-state index in [1.54, 1.807) is 6.20 Å². The van der Waals surface area contributed by atoms with Crippen LogP contribution in [0.2, 0.25) is 0 Å². The number of anilines is 2. The Kier molecular flexibility index (Phi) is 3.55. The molecule has 0 fully saturated rings. The Bertz CT molecular complexity index is 470. The second kappa shape index (κ2) is 5.30. The van der Waals surface area contributed by atoms with Crippen LogP contribution in [0.15, 0.2) is 42.6 Å². The lowest BCUT2D eigenvalue weighted by Gasteiger charge is -2.14. The Morgan fingerprint density at radius 2 is 2.00 bits per heavy atom. The molecule has 4 heteroatoms. The lowest BCUT2D eigenvalue weighted by atomic mass is 10.1. The summed E-state index contributed by atoms with van der Waals surface area (Å²) in [7, 11) is 0. The molecule has 1 aromatic carbocycles. The van der Waals surface area contributed by atoms with Crippen molar-refractivity contribution in [1.29, 1.82) is 0 Å². The molecule has 4 nitrogen and oxygen atoms in total. The van der Waals surface area contributed by atoms with Crippen LogP contribution in [0.5, 0.6) is 0 Å². The molecule has 0 radical (unpaired) electrons. The minimum absolute atomic E-state index is 0.293. The lowest BCUT2D eigenvalue weighted by molar-refractivity contribution is 0.784. The van der Waals surface area contributed by atoms with E-state index < -0.39 is 0 Å². The van der Waals surface area contributed by atoms with E-state index in [9.17, 15) is 0 Å². The van der Waals surface area contributed by atoms with Crippen LogP contribution >= 0.6 is 0 Å². The van der Waals surface area contributed by atoms with Gasteiger partial charge in [-0.15, -0.1) is 0 Å². The number of nitrogens with zero attached hydrogens (tertiary/aromatic N) is 2. The largest absolute Gasteiger partial charge is 0.368 e. The van der Waals surface area contributed by atoms with Gasteiger partial charge in [0.25, 0.3) is 0 Å². The van der Waals surface area contributed by atoms with Crippen LogP contribution in [0.3, 0.4) is 0 Å². The molecular weight excluding hydrogens is 212 g/mol. The lowest BCUT2D eigenvalue weighted by Crippen LogP contribution is -2.19. The van der Waals surface area contributed by atoms with Crippen LogP contribution < -0.4 is 11.1 Å². The van der Waals surface area contributed by atoms with E-state index in [-0.39, 0.29) is 0 Å². The molecule has 1 atom stereocenters. The van der Waals surface area contributed by atoms with Gasteiger partial charge in [0, 0.05) is 12.2 Å². The van der Waals surface area contributed by atoms with E-state index in [0.717, 1.165) is 12.2 Å². The zero-order valence-electron chi connectivity index (χ0n) is 9.80. The standard InChI is InChI=1S/C13H16N4/c1-10(9-11-5-3-2-4-6-11)16-12-7-8-15-13(14)17-12/h2-8,10H,9H2,1H3,(H3,14,15,16,17). The highest BCUT2D eigenvalue weighted by atomic mass is 15.1. The fourth-order valence-electron chi connectivity index (χ4n) is 1.73. The molecule has 1 aromatic heterocycles. The van der Waals surface area contributed by atoms with Crippen molar-refractivity contribution < 1.29 is 0 Å². The second-order valence-corrected chi connectivity index (χ2v) is 4.04. The van der Waals surface area contributed by atoms with Crippen LogP contribution in [0.4, 0.5) is 11.8 Å². The molecule has 0 amide bonds. The zero-order valence-corrected chi connectivity index (χ0v) is 9.80. The van der Waals surface area contributed by atoms with Crippen LogP contribution in [-0.2, 0) is 6.42 Å². The monoisotopic (exact) mass is 228 g/mol. The molecule has 0 saturated carbocycles. The number of nitrogens with one attached hydrogen (secondary N) is 1. The van der Waals surface area contributed by atoms with Crippen molar-refractivity contribution in [1.82, 2.24) is 9.97 Å². The van der Waals surface area contributed by atoms with E-state index >= 15 is 0 Å². The Labute approximate surface area is 101 Å². The van der Waals surface area contributed by atoms with Gasteiger partial charge in [0.15, 0.2) is 0 Å². The first-order chi connectivity index (χ1) is 8.24. The topological polar surface area (TPSA) is 63.8 Å². The van der Waals surface area contributed by atoms with Gasteiger partial charge >= 0.3 is 0 Å². The predicted octanol–water partition coefficient (Wildman–Crippen LogP) is 2.10. The molecular formula is C13H16N4. The molecule has 0 saturated heterocycles. The van der Waals surface area contributed by atoms with Crippen molar-refractivity contribution >= 4 is 11.8 Å². The number of nitrogens with two attached hydrogens (primary N) is 1. The predicted molar refractivity (Wildman–Crippen MR) is 69.7 cm³/mol. The van der Waals surface area contributed by atoms with Crippen LogP contribution in [0.25, 0.3) is 0 Å². The normalized spacial score (nSPS) is 12.1. The summed E-state index contributed by atoms with van der Waals surface area (Å²) in [5, 5.41) is 3.30. The number of aromatic nitrogens is 2. The molecule has 0 aliphatic rings. The van der Waals surface area contributed by atoms with Crippen molar-refractivity contribution in [3.63, 3.8) is 0 Å². The van der Waals surface area contributed by atoms with Crippen molar-refractivity contribution in [3.05, 3.63) is 48.2 Å². The maximum atomic E-state index is 5.52. The Hall–Kier alpha value is -2.10. The summed E-state index contributed by atoms with van der Waals surface area (Å²) in [5.74, 6) is 1.06. The van der Waals surface area contributed by atoms with Gasteiger partial charge in [0.2, 0.25) is 5.95 Å². The second-order valence-electron chi connectivity index (χ2n) is 4.04. The Balaban J connectivity index is 1.96. The highest BCUT2D eigenvalue weighted by molar-refractivity contribution is 5.38. The van der Waals surface area contributed by atoms with Gasteiger partial charge in [-0.2, -0.15) is 4.98 Å². The van der Waals surface area contributed by atoms with E-state index in [0.29, 0.717) is 12.0 Å². The number of nitrogen functional groups attached to an aromatic ring is 1. The quantitative estimate of drug-likeness (QED) is 0.841. The summed E-state index contributed by atoms with van der Waals surface area (Å²) in [5.41, 5.74) is 6.83. The van der Waals surface area contributed by atoms with Gasteiger partial charge in [0.05, 0.1) is 0 Å². The summed E-state index contributed by atoms with van der Waals surface area (Å²) in [6.45, 7) is 2.12. The third-order valence-electron chi connectivity index (χ3n) is 2.45. The van der Waals surface area contributed by atoms with Crippen molar-refractivity contribution in [2.45, 2.75) is 19.4 Å². The fraction of sp³-hybridized carbons (Fsp3) is 0.231. The molecule has 0 aliphatic heterocycles. The summed E-state index contributed by atoms with van der Waals surface area (Å²) in [6, 6.07) is 12.5.